The van der Waals surface area contributed by atoms with Gasteiger partial charge in [-0.1, -0.05) is 0 Å². The van der Waals surface area contributed by atoms with Crippen LogP contribution in [0.2, 0.25) is 0 Å². The van der Waals surface area contributed by atoms with Crippen LogP contribution in [0.1, 0.15) is 25.3 Å². The van der Waals surface area contributed by atoms with E-state index in [0.717, 1.165) is 12.3 Å². The van der Waals surface area contributed by atoms with Crippen molar-refractivity contribution >= 4 is 11.4 Å². The molecule has 2 atom stereocenters. The molecule has 1 heterocycles. The van der Waals surface area contributed by atoms with Crippen LogP contribution in [0.15, 0.2) is 18.2 Å². The van der Waals surface area contributed by atoms with E-state index in [-0.39, 0.29) is 0 Å². The van der Waals surface area contributed by atoms with Crippen LogP contribution in [0, 0.1) is 6.92 Å². The number of anilines is 2. The summed E-state index contributed by atoms with van der Waals surface area (Å²) in [6.45, 7) is 5.21. The van der Waals surface area contributed by atoms with E-state index in [1.165, 1.54) is 24.1 Å². The minimum Gasteiger partial charge on any atom is -0.399 e. The second-order valence-electron chi connectivity index (χ2n) is 4.99. The minimum absolute atomic E-state index is 0.498. The van der Waals surface area contributed by atoms with Gasteiger partial charge in [0, 0.05) is 24.5 Å². The molecular weight excluding hydrogens is 212 g/mol. The molecule has 1 saturated heterocycles. The van der Waals surface area contributed by atoms with E-state index in [2.05, 4.69) is 24.8 Å². The van der Waals surface area contributed by atoms with Crippen LogP contribution in [0.5, 0.6) is 0 Å². The van der Waals surface area contributed by atoms with Crippen LogP contribution in [0.25, 0.3) is 0 Å². The predicted molar refractivity (Wildman–Crippen MR) is 72.4 cm³/mol. The van der Waals surface area contributed by atoms with E-state index in [4.69, 9.17) is 10.5 Å². The average molecular weight is 234 g/mol. The summed E-state index contributed by atoms with van der Waals surface area (Å²) in [6, 6.07) is 7.24. The monoisotopic (exact) mass is 234 g/mol. The van der Waals surface area contributed by atoms with Gasteiger partial charge in [0.25, 0.3) is 0 Å². The Morgan fingerprint density at radius 1 is 1.41 bits per heavy atom. The van der Waals surface area contributed by atoms with Crippen LogP contribution >= 0.6 is 0 Å². The fourth-order valence-electron chi connectivity index (χ4n) is 2.83. The van der Waals surface area contributed by atoms with Crippen molar-refractivity contribution in [1.29, 1.82) is 0 Å². The van der Waals surface area contributed by atoms with E-state index in [0.29, 0.717) is 12.1 Å². The van der Waals surface area contributed by atoms with Crippen LogP contribution in [-0.2, 0) is 4.74 Å². The summed E-state index contributed by atoms with van der Waals surface area (Å²) in [5.41, 5.74) is 9.19. The predicted octanol–water partition coefficient (Wildman–Crippen LogP) is 2.58. The highest BCUT2D eigenvalue weighted by molar-refractivity contribution is 5.60. The van der Waals surface area contributed by atoms with Gasteiger partial charge in [-0.2, -0.15) is 0 Å². The standard InChI is InChI=1S/C14H22N2O/c1-10-8-12(15)5-7-14(10)16-11(2)4-6-13(16)9-17-3/h5,7-8,11,13H,4,6,9,15H2,1-3H3. The van der Waals surface area contributed by atoms with Gasteiger partial charge in [-0.15, -0.1) is 0 Å². The molecule has 0 aliphatic carbocycles. The Morgan fingerprint density at radius 2 is 2.18 bits per heavy atom. The van der Waals surface area contributed by atoms with Gasteiger partial charge in [-0.25, -0.2) is 0 Å². The van der Waals surface area contributed by atoms with Gasteiger partial charge in [-0.05, 0) is 50.5 Å². The van der Waals surface area contributed by atoms with E-state index in [1.807, 2.05) is 12.1 Å². The highest BCUT2D eigenvalue weighted by atomic mass is 16.5. The third kappa shape index (κ3) is 2.39. The Bertz CT molecular complexity index is 390. The maximum atomic E-state index is 5.81. The Labute approximate surface area is 104 Å². The highest BCUT2D eigenvalue weighted by Gasteiger charge is 2.31. The first-order valence-electron chi connectivity index (χ1n) is 6.27. The van der Waals surface area contributed by atoms with Crippen LogP contribution in [0.4, 0.5) is 11.4 Å². The maximum Gasteiger partial charge on any atom is 0.0666 e. The van der Waals surface area contributed by atoms with E-state index < -0.39 is 0 Å². The molecule has 1 aromatic rings. The Balaban J connectivity index is 2.29. The molecule has 1 aliphatic rings. The molecule has 94 valence electrons. The number of aryl methyl sites for hydroxylation is 1. The first-order chi connectivity index (χ1) is 8.13. The molecule has 17 heavy (non-hydrogen) atoms. The summed E-state index contributed by atoms with van der Waals surface area (Å²) in [7, 11) is 1.77. The van der Waals surface area contributed by atoms with Crippen molar-refractivity contribution in [2.75, 3.05) is 24.4 Å². The van der Waals surface area contributed by atoms with Crippen molar-refractivity contribution in [2.24, 2.45) is 0 Å². The van der Waals surface area contributed by atoms with E-state index in [9.17, 15) is 0 Å². The molecule has 1 aromatic carbocycles. The van der Waals surface area contributed by atoms with Gasteiger partial charge in [-0.3, -0.25) is 0 Å². The molecule has 0 saturated carbocycles. The zero-order chi connectivity index (χ0) is 12.4. The first-order valence-corrected chi connectivity index (χ1v) is 6.27. The number of benzene rings is 1. The van der Waals surface area contributed by atoms with E-state index >= 15 is 0 Å². The molecule has 2 unspecified atom stereocenters. The molecule has 0 radical (unpaired) electrons. The van der Waals surface area contributed by atoms with Crippen LogP contribution in [0.3, 0.4) is 0 Å². The highest BCUT2D eigenvalue weighted by Crippen LogP contribution is 2.33. The molecule has 0 amide bonds. The molecule has 2 rings (SSSR count). The lowest BCUT2D eigenvalue weighted by molar-refractivity contribution is 0.180. The zero-order valence-corrected chi connectivity index (χ0v) is 10.9. The van der Waals surface area contributed by atoms with Crippen LogP contribution < -0.4 is 10.6 Å². The number of hydrogen-bond acceptors (Lipinski definition) is 3. The van der Waals surface area contributed by atoms with Gasteiger partial charge in [0.05, 0.1) is 12.6 Å². The maximum absolute atomic E-state index is 5.81. The van der Waals surface area contributed by atoms with Crippen molar-refractivity contribution < 1.29 is 4.74 Å². The summed E-state index contributed by atoms with van der Waals surface area (Å²) in [5, 5.41) is 0. The largest absolute Gasteiger partial charge is 0.399 e. The van der Waals surface area contributed by atoms with Crippen molar-refractivity contribution in [3.63, 3.8) is 0 Å². The lowest BCUT2D eigenvalue weighted by Crippen LogP contribution is -2.37. The molecule has 0 aromatic heterocycles. The van der Waals surface area contributed by atoms with Crippen molar-refractivity contribution in [2.45, 2.75) is 38.8 Å². The molecular formula is C14H22N2O. The second kappa shape index (κ2) is 4.96. The van der Waals surface area contributed by atoms with Gasteiger partial charge in [0.15, 0.2) is 0 Å². The zero-order valence-electron chi connectivity index (χ0n) is 10.9. The first kappa shape index (κ1) is 12.2. The quantitative estimate of drug-likeness (QED) is 0.817. The van der Waals surface area contributed by atoms with Crippen molar-refractivity contribution in [3.05, 3.63) is 23.8 Å². The smallest absolute Gasteiger partial charge is 0.0666 e. The SMILES string of the molecule is COCC1CCC(C)N1c1ccc(N)cc1C. The molecule has 3 nitrogen and oxygen atoms in total. The summed E-state index contributed by atoms with van der Waals surface area (Å²) in [6.07, 6.45) is 2.44. The number of methoxy groups -OCH3 is 1. The number of ether oxygens (including phenoxy) is 1. The Kier molecular flexibility index (Phi) is 3.57. The van der Waals surface area contributed by atoms with Gasteiger partial charge >= 0.3 is 0 Å². The molecule has 2 N–H and O–H groups in total. The number of nitrogens with two attached hydrogens (primary N) is 1. The molecule has 3 heteroatoms. The van der Waals surface area contributed by atoms with Crippen LogP contribution in [-0.4, -0.2) is 25.8 Å². The topological polar surface area (TPSA) is 38.5 Å². The van der Waals surface area contributed by atoms with Gasteiger partial charge in [0.1, 0.15) is 0 Å². The summed E-state index contributed by atoms with van der Waals surface area (Å²) in [4.78, 5) is 2.48. The number of nitrogens with zero attached hydrogens (tertiary/aromatic N) is 1. The normalized spacial score (nSPS) is 24.3. The Hall–Kier alpha value is -1.22. The Morgan fingerprint density at radius 3 is 2.82 bits per heavy atom. The summed E-state index contributed by atoms with van der Waals surface area (Å²) in [5.74, 6) is 0. The number of nitrogen functional groups attached to an aromatic ring is 1. The average Bonchev–Trinajstić information content (AvgIpc) is 2.62. The second-order valence-corrected chi connectivity index (χ2v) is 4.99. The lowest BCUT2D eigenvalue weighted by Gasteiger charge is -2.32. The lowest BCUT2D eigenvalue weighted by atomic mass is 10.1. The molecule has 0 bridgehead atoms. The summed E-state index contributed by atoms with van der Waals surface area (Å²) < 4.78 is 5.32. The van der Waals surface area contributed by atoms with Crippen molar-refractivity contribution in [3.8, 4) is 0 Å². The fraction of sp³-hybridized carbons (Fsp3) is 0.571. The van der Waals surface area contributed by atoms with Crippen molar-refractivity contribution in [1.82, 2.24) is 0 Å². The molecule has 1 fully saturated rings. The molecule has 1 aliphatic heterocycles. The van der Waals surface area contributed by atoms with E-state index in [1.54, 1.807) is 7.11 Å². The van der Waals surface area contributed by atoms with Gasteiger partial charge in [0.2, 0.25) is 0 Å². The number of hydrogen-bond donors (Lipinski definition) is 1. The molecule has 0 spiro atoms. The summed E-state index contributed by atoms with van der Waals surface area (Å²) >= 11 is 0. The number of rotatable bonds is 3. The fourth-order valence-corrected chi connectivity index (χ4v) is 2.83. The minimum atomic E-state index is 0.498. The van der Waals surface area contributed by atoms with Gasteiger partial charge < -0.3 is 15.4 Å². The third-order valence-electron chi connectivity index (χ3n) is 3.64. The third-order valence-corrected chi connectivity index (χ3v) is 3.64.